The molecule has 0 spiro atoms. The highest BCUT2D eigenvalue weighted by atomic mass is 32.1. The Morgan fingerprint density at radius 3 is 2.38 bits per heavy atom. The van der Waals surface area contributed by atoms with E-state index in [1.807, 2.05) is 12.1 Å². The van der Waals surface area contributed by atoms with Gasteiger partial charge < -0.3 is 4.42 Å². The molecule has 0 aliphatic rings. The summed E-state index contributed by atoms with van der Waals surface area (Å²) in [5, 5.41) is 2.27. The molecule has 0 aliphatic heterocycles. The van der Waals surface area contributed by atoms with Crippen molar-refractivity contribution in [2.75, 3.05) is 0 Å². The third kappa shape index (κ3) is 3.12. The normalized spacial score (nSPS) is 12.2. The summed E-state index contributed by atoms with van der Waals surface area (Å²) >= 11 is 1.79. The fraction of sp³-hybridized carbons (Fsp3) is 0.138. The number of furan rings is 1. The Morgan fingerprint density at radius 2 is 1.56 bits per heavy atom. The maximum atomic E-state index is 6.23. The summed E-state index contributed by atoms with van der Waals surface area (Å²) in [6, 6.07) is 29.9. The number of thiophene rings is 1. The smallest absolute Gasteiger partial charge is 0.144 e. The van der Waals surface area contributed by atoms with E-state index in [2.05, 4.69) is 93.6 Å². The van der Waals surface area contributed by atoms with Crippen molar-refractivity contribution in [3.05, 3.63) is 90.5 Å². The van der Waals surface area contributed by atoms with Gasteiger partial charge >= 0.3 is 0 Å². The first-order chi connectivity index (χ1) is 15.5. The van der Waals surface area contributed by atoms with E-state index in [1.165, 1.54) is 20.7 Å². The molecule has 32 heavy (non-hydrogen) atoms. The van der Waals surface area contributed by atoms with Crippen LogP contribution in [0.15, 0.2) is 89.3 Å². The quantitative estimate of drug-likeness (QED) is 0.273. The van der Waals surface area contributed by atoms with E-state index >= 15 is 0 Å². The SMILES string of the molecule is CC(C)(C)c1ccc(-c2cc3nc(-c4cccc5c4oc4ccccc45)ccc3s2)cc1. The summed E-state index contributed by atoms with van der Waals surface area (Å²) < 4.78 is 7.42. The Bertz CT molecular complexity index is 1600. The molecular formula is C29H23NOS. The van der Waals surface area contributed by atoms with Gasteiger partial charge in [0.1, 0.15) is 11.2 Å². The lowest BCUT2D eigenvalue weighted by Gasteiger charge is -2.18. The van der Waals surface area contributed by atoms with Crippen molar-refractivity contribution in [3.8, 4) is 21.7 Å². The van der Waals surface area contributed by atoms with Crippen LogP contribution in [0.3, 0.4) is 0 Å². The molecule has 3 aromatic carbocycles. The van der Waals surface area contributed by atoms with Gasteiger partial charge in [0.2, 0.25) is 0 Å². The number of pyridine rings is 1. The highest BCUT2D eigenvalue weighted by molar-refractivity contribution is 7.22. The second-order valence-electron chi connectivity index (χ2n) is 9.30. The lowest BCUT2D eigenvalue weighted by molar-refractivity contribution is 0.590. The molecule has 3 heteroatoms. The Morgan fingerprint density at radius 1 is 0.781 bits per heavy atom. The maximum absolute atomic E-state index is 6.23. The molecule has 0 unspecified atom stereocenters. The van der Waals surface area contributed by atoms with Gasteiger partial charge in [-0.15, -0.1) is 11.3 Å². The third-order valence-electron chi connectivity index (χ3n) is 6.09. The number of hydrogen-bond acceptors (Lipinski definition) is 3. The number of aromatic nitrogens is 1. The van der Waals surface area contributed by atoms with E-state index in [-0.39, 0.29) is 5.41 Å². The van der Waals surface area contributed by atoms with Crippen LogP contribution in [0.2, 0.25) is 0 Å². The molecule has 0 atom stereocenters. The molecule has 0 N–H and O–H groups in total. The largest absolute Gasteiger partial charge is 0.455 e. The van der Waals surface area contributed by atoms with Crippen LogP contribution in [0.5, 0.6) is 0 Å². The minimum absolute atomic E-state index is 0.160. The predicted octanol–water partition coefficient (Wildman–Crippen LogP) is 8.83. The Balaban J connectivity index is 1.44. The predicted molar refractivity (Wildman–Crippen MR) is 136 cm³/mol. The highest BCUT2D eigenvalue weighted by Crippen LogP contribution is 2.38. The monoisotopic (exact) mass is 433 g/mol. The third-order valence-corrected chi connectivity index (χ3v) is 7.23. The number of para-hydroxylation sites is 2. The maximum Gasteiger partial charge on any atom is 0.144 e. The number of nitrogens with zero attached hydrogens (tertiary/aromatic N) is 1. The van der Waals surface area contributed by atoms with E-state index in [4.69, 9.17) is 9.40 Å². The van der Waals surface area contributed by atoms with Crippen molar-refractivity contribution in [3.63, 3.8) is 0 Å². The van der Waals surface area contributed by atoms with Crippen LogP contribution in [0.25, 0.3) is 53.9 Å². The second kappa shape index (κ2) is 7.04. The highest BCUT2D eigenvalue weighted by Gasteiger charge is 2.15. The summed E-state index contributed by atoms with van der Waals surface area (Å²) in [5.74, 6) is 0. The molecular weight excluding hydrogens is 410 g/mol. The van der Waals surface area contributed by atoms with Crippen molar-refractivity contribution < 1.29 is 4.42 Å². The van der Waals surface area contributed by atoms with Gasteiger partial charge in [0.15, 0.2) is 0 Å². The Hall–Kier alpha value is -3.43. The fourth-order valence-corrected chi connectivity index (χ4v) is 5.31. The topological polar surface area (TPSA) is 26.0 Å². The minimum atomic E-state index is 0.160. The van der Waals surface area contributed by atoms with E-state index < -0.39 is 0 Å². The summed E-state index contributed by atoms with van der Waals surface area (Å²) in [5.41, 5.74) is 7.55. The first-order valence-corrected chi connectivity index (χ1v) is 11.7. The molecule has 0 amide bonds. The molecule has 3 aromatic heterocycles. The minimum Gasteiger partial charge on any atom is -0.455 e. The average Bonchev–Trinajstić information content (AvgIpc) is 3.39. The number of benzene rings is 3. The lowest BCUT2D eigenvalue weighted by atomic mass is 9.86. The van der Waals surface area contributed by atoms with Crippen LogP contribution < -0.4 is 0 Å². The van der Waals surface area contributed by atoms with Crippen LogP contribution in [-0.2, 0) is 5.41 Å². The molecule has 0 aliphatic carbocycles. The number of rotatable bonds is 2. The molecule has 3 heterocycles. The molecule has 0 saturated heterocycles. The summed E-state index contributed by atoms with van der Waals surface area (Å²) in [7, 11) is 0. The van der Waals surface area contributed by atoms with Gasteiger partial charge in [0.05, 0.1) is 15.9 Å². The van der Waals surface area contributed by atoms with Crippen molar-refractivity contribution in [2.24, 2.45) is 0 Å². The first-order valence-electron chi connectivity index (χ1n) is 10.9. The first kappa shape index (κ1) is 19.3. The average molecular weight is 434 g/mol. The van der Waals surface area contributed by atoms with Gasteiger partial charge in [-0.05, 0) is 46.9 Å². The van der Waals surface area contributed by atoms with Gasteiger partial charge in [-0.3, -0.25) is 0 Å². The zero-order chi connectivity index (χ0) is 21.9. The van der Waals surface area contributed by atoms with Crippen LogP contribution in [0.1, 0.15) is 26.3 Å². The zero-order valence-electron chi connectivity index (χ0n) is 18.3. The second-order valence-corrected chi connectivity index (χ2v) is 10.4. The molecule has 6 aromatic rings. The van der Waals surface area contributed by atoms with E-state index in [0.717, 1.165) is 38.7 Å². The van der Waals surface area contributed by atoms with Crippen molar-refractivity contribution >= 4 is 43.5 Å². The summed E-state index contributed by atoms with van der Waals surface area (Å²) in [6.07, 6.45) is 0. The van der Waals surface area contributed by atoms with Crippen molar-refractivity contribution in [2.45, 2.75) is 26.2 Å². The van der Waals surface area contributed by atoms with Gasteiger partial charge in [-0.1, -0.05) is 75.4 Å². The van der Waals surface area contributed by atoms with Crippen molar-refractivity contribution in [1.29, 1.82) is 0 Å². The van der Waals surface area contributed by atoms with Crippen LogP contribution in [0, 0.1) is 0 Å². The van der Waals surface area contributed by atoms with E-state index in [1.54, 1.807) is 11.3 Å². The fourth-order valence-electron chi connectivity index (χ4n) is 4.30. The molecule has 2 nitrogen and oxygen atoms in total. The zero-order valence-corrected chi connectivity index (χ0v) is 19.2. The van der Waals surface area contributed by atoms with E-state index in [0.29, 0.717) is 0 Å². The molecule has 0 fully saturated rings. The van der Waals surface area contributed by atoms with Crippen LogP contribution in [-0.4, -0.2) is 4.98 Å². The lowest BCUT2D eigenvalue weighted by Crippen LogP contribution is -2.10. The Labute approximate surface area is 191 Å². The molecule has 6 rings (SSSR count). The Kier molecular flexibility index (Phi) is 4.24. The van der Waals surface area contributed by atoms with Gasteiger partial charge in [-0.25, -0.2) is 4.98 Å². The standard InChI is InChI=1S/C29H23NOS/c1-29(2,3)19-13-11-18(12-14-19)27-17-24-26(32-27)16-15-23(30-24)22-9-6-8-21-20-7-4-5-10-25(20)31-28(21)22/h4-17H,1-3H3. The molecule has 0 saturated carbocycles. The molecule has 0 bridgehead atoms. The summed E-state index contributed by atoms with van der Waals surface area (Å²) in [6.45, 7) is 6.74. The van der Waals surface area contributed by atoms with Gasteiger partial charge in [0, 0.05) is 21.2 Å². The van der Waals surface area contributed by atoms with Crippen LogP contribution in [0.4, 0.5) is 0 Å². The molecule has 0 radical (unpaired) electrons. The van der Waals surface area contributed by atoms with Gasteiger partial charge in [-0.2, -0.15) is 0 Å². The van der Waals surface area contributed by atoms with E-state index in [9.17, 15) is 0 Å². The number of fused-ring (bicyclic) bond motifs is 4. The van der Waals surface area contributed by atoms with Crippen LogP contribution >= 0.6 is 11.3 Å². The van der Waals surface area contributed by atoms with Crippen molar-refractivity contribution in [1.82, 2.24) is 4.98 Å². The number of hydrogen-bond donors (Lipinski definition) is 0. The molecule has 156 valence electrons. The summed E-state index contributed by atoms with van der Waals surface area (Å²) in [4.78, 5) is 6.26. The van der Waals surface area contributed by atoms with Gasteiger partial charge in [0.25, 0.3) is 0 Å².